The molecule has 0 radical (unpaired) electrons. The van der Waals surface area contributed by atoms with E-state index in [1.807, 2.05) is 43.3 Å². The van der Waals surface area contributed by atoms with Crippen LogP contribution < -0.4 is 0 Å². The first-order chi connectivity index (χ1) is 26.0. The van der Waals surface area contributed by atoms with E-state index in [2.05, 4.69) is 60.7 Å². The van der Waals surface area contributed by atoms with Gasteiger partial charge in [-0.15, -0.1) is 0 Å². The summed E-state index contributed by atoms with van der Waals surface area (Å²) in [5.41, 5.74) is 1.20. The molecule has 0 heterocycles. The van der Waals surface area contributed by atoms with Gasteiger partial charge >= 0.3 is 0 Å². The van der Waals surface area contributed by atoms with E-state index in [4.69, 9.17) is 0 Å². The SMILES string of the molecule is Cc1ccc(Sc2ccc(S(=O)(=O)c3ccc(Sc4ccc(Sc5ccc(Sc6ccc(S(=O)(=O)c7ccc(F)cc7)cc6)cc5)cc4)cc3)cc2)cc1. The van der Waals surface area contributed by atoms with Crippen LogP contribution in [0.5, 0.6) is 0 Å². The van der Waals surface area contributed by atoms with E-state index in [1.54, 1.807) is 83.8 Å². The lowest BCUT2D eigenvalue weighted by Gasteiger charge is -2.08. The lowest BCUT2D eigenvalue weighted by atomic mass is 10.2. The zero-order valence-electron chi connectivity index (χ0n) is 28.6. The van der Waals surface area contributed by atoms with Crippen molar-refractivity contribution in [3.8, 4) is 0 Å². The fourth-order valence-electron chi connectivity index (χ4n) is 5.25. The van der Waals surface area contributed by atoms with E-state index in [1.165, 1.54) is 29.5 Å². The summed E-state index contributed by atoms with van der Waals surface area (Å²) in [6.45, 7) is 2.05. The molecule has 0 unspecified atom stereocenters. The lowest BCUT2D eigenvalue weighted by Crippen LogP contribution is -2.01. The molecule has 7 aromatic rings. The first kappa shape index (κ1) is 38.1. The van der Waals surface area contributed by atoms with Crippen molar-refractivity contribution >= 4 is 66.7 Å². The molecule has 0 aliphatic carbocycles. The van der Waals surface area contributed by atoms with Gasteiger partial charge in [0.1, 0.15) is 5.82 Å². The van der Waals surface area contributed by atoms with Crippen LogP contribution >= 0.6 is 47.0 Å². The Kier molecular flexibility index (Phi) is 11.7. The van der Waals surface area contributed by atoms with E-state index < -0.39 is 25.5 Å². The molecule has 0 aliphatic heterocycles. The first-order valence-corrected chi connectivity index (χ1v) is 22.8. The summed E-state index contributed by atoms with van der Waals surface area (Å²) >= 11 is 6.35. The van der Waals surface area contributed by atoms with Gasteiger partial charge in [0.25, 0.3) is 0 Å². The molecule has 0 amide bonds. The molecule has 0 aliphatic rings. The van der Waals surface area contributed by atoms with E-state index >= 15 is 0 Å². The molecule has 270 valence electrons. The molecule has 0 saturated heterocycles. The van der Waals surface area contributed by atoms with Gasteiger partial charge in [0.05, 0.1) is 19.6 Å². The van der Waals surface area contributed by atoms with E-state index in [9.17, 15) is 21.2 Å². The third-order valence-corrected chi connectivity index (χ3v) is 15.8. The van der Waals surface area contributed by atoms with Gasteiger partial charge in [0.2, 0.25) is 19.7 Å². The summed E-state index contributed by atoms with van der Waals surface area (Å²) in [5, 5.41) is 0. The van der Waals surface area contributed by atoms with Crippen molar-refractivity contribution in [1.82, 2.24) is 0 Å². The number of halogens is 1. The fraction of sp³-hybridized carbons (Fsp3) is 0.0233. The average Bonchev–Trinajstić information content (AvgIpc) is 3.18. The number of sulfone groups is 2. The topological polar surface area (TPSA) is 68.3 Å². The Balaban J connectivity index is 0.915. The van der Waals surface area contributed by atoms with Crippen LogP contribution in [0.25, 0.3) is 0 Å². The maximum atomic E-state index is 13.3. The number of benzene rings is 7. The average molecular weight is 823 g/mol. The Morgan fingerprint density at radius 1 is 0.315 bits per heavy atom. The van der Waals surface area contributed by atoms with Crippen LogP contribution in [0.15, 0.2) is 229 Å². The predicted octanol–water partition coefficient (Wildman–Crippen LogP) is 12.4. The molecule has 0 N–H and O–H groups in total. The van der Waals surface area contributed by atoms with Gasteiger partial charge in [-0.1, -0.05) is 64.7 Å². The third kappa shape index (κ3) is 9.34. The number of hydrogen-bond donors (Lipinski definition) is 0. The molecule has 0 bridgehead atoms. The standard InChI is InChI=1S/C43H31FO4S6/c1-30-2-6-32(7-3-30)49-37-16-26-42(27-17-37)54(47,48)43-28-20-39(21-29-43)52-36-14-10-34(11-15-36)50-33-8-12-35(13-9-33)51-38-18-24-41(25-19-38)53(45,46)40-22-4-31(44)5-23-40/h2-29H,1H3. The van der Waals surface area contributed by atoms with Gasteiger partial charge in [0.15, 0.2) is 0 Å². The molecule has 54 heavy (non-hydrogen) atoms. The van der Waals surface area contributed by atoms with Gasteiger partial charge in [0, 0.05) is 39.2 Å². The molecule has 0 spiro atoms. The second-order valence-electron chi connectivity index (χ2n) is 12.0. The molecular formula is C43H31FO4S6. The Bertz CT molecular complexity index is 2580. The minimum atomic E-state index is -3.72. The summed E-state index contributed by atoms with van der Waals surface area (Å²) in [4.78, 5) is 8.88. The highest BCUT2D eigenvalue weighted by Gasteiger charge is 2.19. The Labute approximate surface area is 332 Å². The lowest BCUT2D eigenvalue weighted by molar-refractivity contribution is 0.593. The molecule has 7 rings (SSSR count). The predicted molar refractivity (Wildman–Crippen MR) is 217 cm³/mol. The second kappa shape index (κ2) is 16.6. The molecule has 0 aromatic heterocycles. The van der Waals surface area contributed by atoms with Gasteiger partial charge < -0.3 is 0 Å². The van der Waals surface area contributed by atoms with E-state index in [0.717, 1.165) is 51.3 Å². The second-order valence-corrected chi connectivity index (χ2v) is 20.5. The van der Waals surface area contributed by atoms with Crippen LogP contribution in [0, 0.1) is 12.7 Å². The highest BCUT2D eigenvalue weighted by molar-refractivity contribution is 8.00. The van der Waals surface area contributed by atoms with E-state index in [-0.39, 0.29) is 19.6 Å². The summed E-state index contributed by atoms with van der Waals surface area (Å²) < 4.78 is 65.7. The van der Waals surface area contributed by atoms with Crippen molar-refractivity contribution in [2.75, 3.05) is 0 Å². The van der Waals surface area contributed by atoms with Crippen LogP contribution in [0.1, 0.15) is 5.56 Å². The fourth-order valence-corrected chi connectivity index (χ4v) is 11.0. The van der Waals surface area contributed by atoms with Crippen molar-refractivity contribution in [2.45, 2.75) is 65.7 Å². The smallest absolute Gasteiger partial charge is 0.206 e. The number of hydrogen-bond acceptors (Lipinski definition) is 8. The molecule has 0 saturated carbocycles. The van der Waals surface area contributed by atoms with Crippen molar-refractivity contribution < 1.29 is 21.2 Å². The van der Waals surface area contributed by atoms with Crippen LogP contribution in [-0.4, -0.2) is 16.8 Å². The van der Waals surface area contributed by atoms with E-state index in [0.29, 0.717) is 0 Å². The van der Waals surface area contributed by atoms with Crippen LogP contribution in [0.2, 0.25) is 0 Å². The van der Waals surface area contributed by atoms with Crippen molar-refractivity contribution in [2.24, 2.45) is 0 Å². The number of rotatable bonds is 12. The monoisotopic (exact) mass is 822 g/mol. The van der Waals surface area contributed by atoms with Crippen molar-refractivity contribution in [3.63, 3.8) is 0 Å². The van der Waals surface area contributed by atoms with Gasteiger partial charge in [-0.2, -0.15) is 0 Å². The van der Waals surface area contributed by atoms with Gasteiger partial charge in [-0.05, 0) is 165 Å². The molecular weight excluding hydrogens is 792 g/mol. The molecule has 7 aromatic carbocycles. The quantitative estimate of drug-likeness (QED) is 0.113. The maximum absolute atomic E-state index is 13.3. The Morgan fingerprint density at radius 2 is 0.500 bits per heavy atom. The summed E-state index contributed by atoms with van der Waals surface area (Å²) in [6, 6.07) is 50.2. The minimum absolute atomic E-state index is 0.0537. The highest BCUT2D eigenvalue weighted by Crippen LogP contribution is 2.36. The minimum Gasteiger partial charge on any atom is -0.219 e. The first-order valence-electron chi connectivity index (χ1n) is 16.6. The summed E-state index contributed by atoms with van der Waals surface area (Å²) in [6.07, 6.45) is 0. The van der Waals surface area contributed by atoms with Crippen LogP contribution in [0.4, 0.5) is 4.39 Å². The van der Waals surface area contributed by atoms with Crippen molar-refractivity contribution in [1.29, 1.82) is 0 Å². The number of aryl methyl sites for hydroxylation is 1. The largest absolute Gasteiger partial charge is 0.219 e. The normalized spacial score (nSPS) is 11.7. The molecule has 0 fully saturated rings. The zero-order chi connectivity index (χ0) is 37.7. The summed E-state index contributed by atoms with van der Waals surface area (Å²) in [5.74, 6) is -0.484. The summed E-state index contributed by atoms with van der Waals surface area (Å²) in [7, 11) is -7.37. The molecule has 4 nitrogen and oxygen atoms in total. The zero-order valence-corrected chi connectivity index (χ0v) is 33.5. The van der Waals surface area contributed by atoms with Gasteiger partial charge in [-0.25, -0.2) is 21.2 Å². The van der Waals surface area contributed by atoms with Crippen molar-refractivity contribution in [3.05, 3.63) is 181 Å². The van der Waals surface area contributed by atoms with Gasteiger partial charge in [-0.3, -0.25) is 0 Å². The Hall–Kier alpha value is -4.23. The van der Waals surface area contributed by atoms with Crippen LogP contribution in [0.3, 0.4) is 0 Å². The molecule has 11 heteroatoms. The van der Waals surface area contributed by atoms with Crippen LogP contribution in [-0.2, 0) is 19.7 Å². The molecule has 0 atom stereocenters. The maximum Gasteiger partial charge on any atom is 0.206 e. The third-order valence-electron chi connectivity index (χ3n) is 8.14. The highest BCUT2D eigenvalue weighted by atomic mass is 32.2. The Morgan fingerprint density at radius 3 is 0.741 bits per heavy atom.